The van der Waals surface area contributed by atoms with Crippen LogP contribution in [0.25, 0.3) is 0 Å². The second kappa shape index (κ2) is 7.44. The summed E-state index contributed by atoms with van der Waals surface area (Å²) in [5.41, 5.74) is 0.00423. The lowest BCUT2D eigenvalue weighted by molar-refractivity contribution is -0.137. The van der Waals surface area contributed by atoms with E-state index in [1.54, 1.807) is 12.1 Å². The van der Waals surface area contributed by atoms with Gasteiger partial charge in [-0.05, 0) is 23.8 Å². The Hall–Kier alpha value is -2.83. The van der Waals surface area contributed by atoms with Gasteiger partial charge in [0.15, 0.2) is 6.61 Å². The summed E-state index contributed by atoms with van der Waals surface area (Å²) in [7, 11) is 0. The first-order valence-corrected chi connectivity index (χ1v) is 6.62. The first-order valence-electron chi connectivity index (χ1n) is 6.62. The molecule has 7 heteroatoms. The molecule has 120 valence electrons. The normalized spacial score (nSPS) is 11.4. The molecule has 2 aromatic carbocycles. The summed E-state index contributed by atoms with van der Waals surface area (Å²) in [5.74, 6) is -0.602. The first kappa shape index (κ1) is 16.5. The molecule has 0 saturated carbocycles. The van der Waals surface area contributed by atoms with Gasteiger partial charge < -0.3 is 10.2 Å². The van der Waals surface area contributed by atoms with Crippen LogP contribution in [0, 0.1) is 0 Å². The average Bonchev–Trinajstić information content (AvgIpc) is 2.52. The average molecular weight is 322 g/mol. The molecule has 1 N–H and O–H groups in total. The molecule has 0 bridgehead atoms. The number of halogens is 3. The number of oxime groups is 1. The molecule has 0 unspecified atom stereocenters. The van der Waals surface area contributed by atoms with Crippen LogP contribution in [0.4, 0.5) is 18.9 Å². The van der Waals surface area contributed by atoms with Crippen LogP contribution < -0.4 is 5.32 Å². The number of benzene rings is 2. The Morgan fingerprint density at radius 1 is 1.13 bits per heavy atom. The lowest BCUT2D eigenvalue weighted by atomic mass is 10.2. The van der Waals surface area contributed by atoms with E-state index in [9.17, 15) is 18.0 Å². The minimum absolute atomic E-state index is 0.0421. The summed E-state index contributed by atoms with van der Waals surface area (Å²) < 4.78 is 37.7. The van der Waals surface area contributed by atoms with Gasteiger partial charge in [0, 0.05) is 5.69 Å². The van der Waals surface area contributed by atoms with Gasteiger partial charge in [-0.25, -0.2) is 0 Å². The third kappa shape index (κ3) is 5.46. The molecular formula is C16H13F3N2O2. The number of hydrogen-bond donors (Lipinski definition) is 1. The van der Waals surface area contributed by atoms with E-state index in [2.05, 4.69) is 10.5 Å². The Balaban J connectivity index is 1.84. The number of alkyl halides is 3. The largest absolute Gasteiger partial charge is 0.416 e. The fourth-order valence-corrected chi connectivity index (χ4v) is 1.70. The minimum atomic E-state index is -4.46. The number of rotatable bonds is 5. The van der Waals surface area contributed by atoms with E-state index in [-0.39, 0.29) is 5.69 Å². The van der Waals surface area contributed by atoms with E-state index >= 15 is 0 Å². The molecule has 0 aliphatic heterocycles. The molecule has 0 aliphatic carbocycles. The number of anilines is 1. The predicted octanol–water partition coefficient (Wildman–Crippen LogP) is 3.69. The Kier molecular flexibility index (Phi) is 5.35. The van der Waals surface area contributed by atoms with E-state index in [4.69, 9.17) is 4.84 Å². The maximum atomic E-state index is 12.6. The molecule has 2 rings (SSSR count). The standard InChI is InChI=1S/C16H13F3N2O2/c17-16(18,19)13-7-4-8-14(9-13)21-15(22)11-23-20-10-12-5-2-1-3-6-12/h1-10H,11H2,(H,21,22)/b20-10-. The Morgan fingerprint density at radius 3 is 2.57 bits per heavy atom. The summed E-state index contributed by atoms with van der Waals surface area (Å²) in [4.78, 5) is 16.4. The molecule has 2 aromatic rings. The van der Waals surface area contributed by atoms with Crippen molar-refractivity contribution in [2.45, 2.75) is 6.18 Å². The molecular weight excluding hydrogens is 309 g/mol. The summed E-state index contributed by atoms with van der Waals surface area (Å²) in [6, 6.07) is 13.4. The Bertz CT molecular complexity index is 685. The van der Waals surface area contributed by atoms with E-state index in [0.717, 1.165) is 17.7 Å². The van der Waals surface area contributed by atoms with E-state index < -0.39 is 24.3 Å². The van der Waals surface area contributed by atoms with Crippen LogP contribution in [0.5, 0.6) is 0 Å². The molecule has 0 atom stereocenters. The zero-order chi connectivity index (χ0) is 16.7. The van der Waals surface area contributed by atoms with Gasteiger partial charge in [0.05, 0.1) is 11.8 Å². The van der Waals surface area contributed by atoms with Crippen molar-refractivity contribution >= 4 is 17.8 Å². The fraction of sp³-hybridized carbons (Fsp3) is 0.125. The molecule has 1 amide bonds. The Labute approximate surface area is 130 Å². The quantitative estimate of drug-likeness (QED) is 0.674. The van der Waals surface area contributed by atoms with Crippen LogP contribution in [0.3, 0.4) is 0 Å². The van der Waals surface area contributed by atoms with Crippen molar-refractivity contribution in [2.75, 3.05) is 11.9 Å². The summed E-state index contributed by atoms with van der Waals surface area (Å²) in [5, 5.41) is 5.93. The Morgan fingerprint density at radius 2 is 1.87 bits per heavy atom. The number of carbonyl (C=O) groups is 1. The monoisotopic (exact) mass is 322 g/mol. The molecule has 0 aromatic heterocycles. The molecule has 0 radical (unpaired) electrons. The molecule has 0 heterocycles. The predicted molar refractivity (Wildman–Crippen MR) is 80.1 cm³/mol. The second-order valence-electron chi connectivity index (χ2n) is 4.55. The van der Waals surface area contributed by atoms with Gasteiger partial charge in [0.1, 0.15) is 0 Å². The third-order valence-corrected chi connectivity index (χ3v) is 2.75. The van der Waals surface area contributed by atoms with E-state index in [1.165, 1.54) is 18.3 Å². The van der Waals surface area contributed by atoms with Crippen LogP contribution >= 0.6 is 0 Å². The van der Waals surface area contributed by atoms with Crippen molar-refractivity contribution < 1.29 is 22.8 Å². The number of nitrogens with zero attached hydrogens (tertiary/aromatic N) is 1. The van der Waals surface area contributed by atoms with Crippen LogP contribution in [-0.2, 0) is 15.8 Å². The zero-order valence-corrected chi connectivity index (χ0v) is 11.9. The van der Waals surface area contributed by atoms with E-state index in [0.29, 0.717) is 0 Å². The molecule has 0 saturated heterocycles. The highest BCUT2D eigenvalue weighted by Gasteiger charge is 2.30. The topological polar surface area (TPSA) is 50.7 Å². The minimum Gasteiger partial charge on any atom is -0.386 e. The van der Waals surface area contributed by atoms with Gasteiger partial charge in [-0.15, -0.1) is 0 Å². The van der Waals surface area contributed by atoms with Crippen molar-refractivity contribution in [3.05, 3.63) is 65.7 Å². The van der Waals surface area contributed by atoms with Gasteiger partial charge >= 0.3 is 6.18 Å². The molecule has 0 spiro atoms. The van der Waals surface area contributed by atoms with Crippen molar-refractivity contribution in [1.29, 1.82) is 0 Å². The SMILES string of the molecule is O=C(CO/N=C\c1ccccc1)Nc1cccc(C(F)(F)F)c1. The summed E-state index contributed by atoms with van der Waals surface area (Å²) in [6.45, 7) is -0.403. The number of carbonyl (C=O) groups excluding carboxylic acids is 1. The van der Waals surface area contributed by atoms with Gasteiger partial charge in [0.25, 0.3) is 5.91 Å². The van der Waals surface area contributed by atoms with Crippen LogP contribution in [0.2, 0.25) is 0 Å². The molecule has 0 aliphatic rings. The lowest BCUT2D eigenvalue weighted by Crippen LogP contribution is -2.17. The van der Waals surface area contributed by atoms with Gasteiger partial charge in [0.2, 0.25) is 0 Å². The van der Waals surface area contributed by atoms with Crippen LogP contribution in [0.1, 0.15) is 11.1 Å². The van der Waals surface area contributed by atoms with E-state index in [1.807, 2.05) is 18.2 Å². The van der Waals surface area contributed by atoms with Crippen molar-refractivity contribution in [3.8, 4) is 0 Å². The maximum Gasteiger partial charge on any atom is 0.416 e. The van der Waals surface area contributed by atoms with Crippen LogP contribution in [0.15, 0.2) is 59.8 Å². The third-order valence-electron chi connectivity index (χ3n) is 2.75. The highest BCUT2D eigenvalue weighted by molar-refractivity contribution is 5.91. The lowest BCUT2D eigenvalue weighted by Gasteiger charge is -2.09. The summed E-state index contributed by atoms with van der Waals surface area (Å²) >= 11 is 0. The number of nitrogens with one attached hydrogen (secondary N) is 1. The van der Waals surface area contributed by atoms with Crippen molar-refractivity contribution in [1.82, 2.24) is 0 Å². The summed E-state index contributed by atoms with van der Waals surface area (Å²) in [6.07, 6.45) is -3.03. The second-order valence-corrected chi connectivity index (χ2v) is 4.55. The van der Waals surface area contributed by atoms with Crippen molar-refractivity contribution in [2.24, 2.45) is 5.16 Å². The highest BCUT2D eigenvalue weighted by atomic mass is 19.4. The van der Waals surface area contributed by atoms with Crippen molar-refractivity contribution in [3.63, 3.8) is 0 Å². The molecule has 4 nitrogen and oxygen atoms in total. The first-order chi connectivity index (χ1) is 10.9. The van der Waals surface area contributed by atoms with Gasteiger partial charge in [-0.3, -0.25) is 4.79 Å². The molecule has 23 heavy (non-hydrogen) atoms. The smallest absolute Gasteiger partial charge is 0.386 e. The van der Waals surface area contributed by atoms with Gasteiger partial charge in [-0.2, -0.15) is 13.2 Å². The maximum absolute atomic E-state index is 12.6. The highest BCUT2D eigenvalue weighted by Crippen LogP contribution is 2.30. The van der Waals surface area contributed by atoms with Crippen LogP contribution in [-0.4, -0.2) is 18.7 Å². The number of amides is 1. The van der Waals surface area contributed by atoms with Gasteiger partial charge in [-0.1, -0.05) is 41.6 Å². The zero-order valence-electron chi connectivity index (χ0n) is 11.9. The fourth-order valence-electron chi connectivity index (χ4n) is 1.70. The number of hydrogen-bond acceptors (Lipinski definition) is 3. The molecule has 0 fully saturated rings.